The van der Waals surface area contributed by atoms with Gasteiger partial charge in [-0.25, -0.2) is 13.5 Å². The van der Waals surface area contributed by atoms with Crippen LogP contribution in [0.25, 0.3) is 5.69 Å². The zero-order valence-corrected chi connectivity index (χ0v) is 17.8. The lowest BCUT2D eigenvalue weighted by Crippen LogP contribution is -2.37. The maximum atomic E-state index is 14.4. The van der Waals surface area contributed by atoms with Gasteiger partial charge in [-0.15, -0.1) is 0 Å². The number of carbonyl (C=O) groups is 1. The van der Waals surface area contributed by atoms with Gasteiger partial charge in [-0.1, -0.05) is 18.2 Å². The molecule has 0 spiro atoms. The first-order chi connectivity index (χ1) is 14.8. The van der Waals surface area contributed by atoms with Crippen LogP contribution in [0.5, 0.6) is 11.6 Å². The molecule has 2 aromatic carbocycles. The van der Waals surface area contributed by atoms with E-state index in [-0.39, 0.29) is 23.6 Å². The molecule has 0 aliphatic heterocycles. The molecular weight excluding hydrogens is 400 g/mol. The smallest absolute Gasteiger partial charge is 0.228 e. The summed E-state index contributed by atoms with van der Waals surface area (Å²) in [6.45, 7) is 6.07. The highest BCUT2D eigenvalue weighted by Gasteiger charge is 2.35. The van der Waals surface area contributed by atoms with E-state index >= 15 is 0 Å². The number of aryl methyl sites for hydroxylation is 1. The van der Waals surface area contributed by atoms with Crippen LogP contribution in [0.4, 0.5) is 8.78 Å². The first-order valence-electron chi connectivity index (χ1n) is 10.4. The molecule has 0 radical (unpaired) electrons. The van der Waals surface area contributed by atoms with Crippen molar-refractivity contribution in [1.82, 2.24) is 14.7 Å². The second kappa shape index (κ2) is 8.49. The molecule has 1 saturated carbocycles. The lowest BCUT2D eigenvalue weighted by atomic mass is 10.2. The van der Waals surface area contributed by atoms with Crippen LogP contribution in [0, 0.1) is 24.5 Å². The number of halogens is 2. The average molecular weight is 425 g/mol. The molecule has 0 bridgehead atoms. The van der Waals surface area contributed by atoms with E-state index in [1.54, 1.807) is 4.68 Å². The van der Waals surface area contributed by atoms with Gasteiger partial charge in [0, 0.05) is 18.0 Å². The third-order valence-corrected chi connectivity index (χ3v) is 5.40. The normalized spacial score (nSPS) is 13.5. The summed E-state index contributed by atoms with van der Waals surface area (Å²) in [7, 11) is 0. The first kappa shape index (κ1) is 21.0. The van der Waals surface area contributed by atoms with Crippen molar-refractivity contribution in [2.24, 2.45) is 5.92 Å². The Hall–Kier alpha value is -3.22. The minimum absolute atomic E-state index is 0.0111. The number of para-hydroxylation sites is 1. The fourth-order valence-corrected chi connectivity index (χ4v) is 3.48. The Morgan fingerprint density at radius 3 is 2.52 bits per heavy atom. The number of aromatic nitrogens is 2. The largest absolute Gasteiger partial charge is 0.435 e. The summed E-state index contributed by atoms with van der Waals surface area (Å²) < 4.78 is 35.3. The van der Waals surface area contributed by atoms with Crippen molar-refractivity contribution in [3.63, 3.8) is 0 Å². The van der Waals surface area contributed by atoms with E-state index in [2.05, 4.69) is 5.10 Å². The fraction of sp³-hybridized carbons (Fsp3) is 0.333. The topological polar surface area (TPSA) is 47.4 Å². The predicted molar refractivity (Wildman–Crippen MR) is 113 cm³/mol. The summed E-state index contributed by atoms with van der Waals surface area (Å²) in [6.07, 6.45) is 1.82. The molecular formula is C24H25F2N3O2. The van der Waals surface area contributed by atoms with Gasteiger partial charge >= 0.3 is 0 Å². The Kier molecular flexibility index (Phi) is 5.76. The highest BCUT2D eigenvalue weighted by atomic mass is 19.1. The standard InChI is InChI=1S/C24H25F2N3O2/c1-15(2)28(23(30)17-9-10-17)14-20-16(3)27-29(19-7-5-4-6-8-19)24(20)31-22-12-11-18(25)13-21(22)26/h4-8,11-13,15,17H,9-10,14H2,1-3H3. The summed E-state index contributed by atoms with van der Waals surface area (Å²) in [5.41, 5.74) is 2.10. The number of hydrogen-bond donors (Lipinski definition) is 0. The van der Waals surface area contributed by atoms with Gasteiger partial charge in [-0.2, -0.15) is 5.10 Å². The summed E-state index contributed by atoms with van der Waals surface area (Å²) in [6, 6.07) is 12.5. The third kappa shape index (κ3) is 4.45. The fourth-order valence-electron chi connectivity index (χ4n) is 3.48. The zero-order valence-electron chi connectivity index (χ0n) is 17.8. The second-order valence-electron chi connectivity index (χ2n) is 8.13. The Balaban J connectivity index is 1.78. The van der Waals surface area contributed by atoms with Crippen LogP contribution in [0.3, 0.4) is 0 Å². The Morgan fingerprint density at radius 2 is 1.90 bits per heavy atom. The minimum Gasteiger partial charge on any atom is -0.435 e. The number of nitrogens with zero attached hydrogens (tertiary/aromatic N) is 3. The van der Waals surface area contributed by atoms with Crippen LogP contribution in [0.1, 0.15) is 37.9 Å². The molecule has 0 N–H and O–H groups in total. The van der Waals surface area contributed by atoms with E-state index in [9.17, 15) is 13.6 Å². The van der Waals surface area contributed by atoms with Crippen LogP contribution in [0.2, 0.25) is 0 Å². The molecule has 0 atom stereocenters. The summed E-state index contributed by atoms with van der Waals surface area (Å²) in [4.78, 5) is 14.7. The number of ether oxygens (including phenoxy) is 1. The number of amides is 1. The first-order valence-corrected chi connectivity index (χ1v) is 10.4. The van der Waals surface area contributed by atoms with E-state index in [0.29, 0.717) is 23.7 Å². The lowest BCUT2D eigenvalue weighted by molar-refractivity contribution is -0.134. The molecule has 1 amide bonds. The molecule has 4 rings (SSSR count). The van der Waals surface area contributed by atoms with Gasteiger partial charge in [0.2, 0.25) is 11.8 Å². The average Bonchev–Trinajstić information content (AvgIpc) is 3.54. The van der Waals surface area contributed by atoms with E-state index in [0.717, 1.165) is 30.7 Å². The molecule has 0 unspecified atom stereocenters. The van der Waals surface area contributed by atoms with Gasteiger partial charge in [0.15, 0.2) is 11.6 Å². The number of benzene rings is 2. The number of rotatable bonds is 7. The van der Waals surface area contributed by atoms with Crippen LogP contribution in [-0.2, 0) is 11.3 Å². The maximum Gasteiger partial charge on any atom is 0.228 e. The Bertz CT molecular complexity index is 1090. The van der Waals surface area contributed by atoms with Crippen molar-refractivity contribution in [1.29, 1.82) is 0 Å². The van der Waals surface area contributed by atoms with E-state index in [1.165, 1.54) is 6.07 Å². The van der Waals surface area contributed by atoms with Crippen molar-refractivity contribution in [2.45, 2.75) is 46.2 Å². The molecule has 0 saturated heterocycles. The minimum atomic E-state index is -0.806. The molecule has 1 aliphatic rings. The molecule has 162 valence electrons. The quantitative estimate of drug-likeness (QED) is 0.509. The van der Waals surface area contributed by atoms with Crippen molar-refractivity contribution in [3.8, 4) is 17.3 Å². The van der Waals surface area contributed by atoms with Crippen LogP contribution in [0.15, 0.2) is 48.5 Å². The van der Waals surface area contributed by atoms with Gasteiger partial charge in [-0.05, 0) is 57.9 Å². The second-order valence-corrected chi connectivity index (χ2v) is 8.13. The molecule has 3 aromatic rings. The predicted octanol–water partition coefficient (Wildman–Crippen LogP) is 5.40. The number of carbonyl (C=O) groups excluding carboxylic acids is 1. The summed E-state index contributed by atoms with van der Waals surface area (Å²) >= 11 is 0. The SMILES string of the molecule is Cc1nn(-c2ccccc2)c(Oc2ccc(F)cc2F)c1CN(C(=O)C1CC1)C(C)C. The summed E-state index contributed by atoms with van der Waals surface area (Å²) in [5.74, 6) is -1.10. The molecule has 1 aliphatic carbocycles. The van der Waals surface area contributed by atoms with Crippen molar-refractivity contribution >= 4 is 5.91 Å². The highest BCUT2D eigenvalue weighted by molar-refractivity contribution is 5.81. The van der Waals surface area contributed by atoms with Gasteiger partial charge in [0.25, 0.3) is 0 Å². The van der Waals surface area contributed by atoms with Gasteiger partial charge in [0.1, 0.15) is 5.82 Å². The van der Waals surface area contributed by atoms with E-state index < -0.39 is 11.6 Å². The highest BCUT2D eigenvalue weighted by Crippen LogP contribution is 2.36. The molecule has 1 fully saturated rings. The third-order valence-electron chi connectivity index (χ3n) is 5.40. The van der Waals surface area contributed by atoms with Crippen molar-refractivity contribution in [3.05, 3.63) is 71.4 Å². The van der Waals surface area contributed by atoms with E-state index in [1.807, 2.05) is 56.0 Å². The van der Waals surface area contributed by atoms with Crippen molar-refractivity contribution < 1.29 is 18.3 Å². The zero-order chi connectivity index (χ0) is 22.1. The van der Waals surface area contributed by atoms with Crippen LogP contribution in [-0.4, -0.2) is 26.6 Å². The van der Waals surface area contributed by atoms with Crippen LogP contribution >= 0.6 is 0 Å². The molecule has 7 heteroatoms. The molecule has 5 nitrogen and oxygen atoms in total. The summed E-state index contributed by atoms with van der Waals surface area (Å²) in [5, 5.41) is 4.61. The van der Waals surface area contributed by atoms with Crippen molar-refractivity contribution in [2.75, 3.05) is 0 Å². The molecule has 31 heavy (non-hydrogen) atoms. The maximum absolute atomic E-state index is 14.4. The van der Waals surface area contributed by atoms with Gasteiger partial charge in [-0.3, -0.25) is 4.79 Å². The van der Waals surface area contributed by atoms with Gasteiger partial charge in [0.05, 0.1) is 23.5 Å². The molecule has 1 aromatic heterocycles. The number of hydrogen-bond acceptors (Lipinski definition) is 3. The van der Waals surface area contributed by atoms with Gasteiger partial charge < -0.3 is 9.64 Å². The van der Waals surface area contributed by atoms with E-state index in [4.69, 9.17) is 4.74 Å². The Morgan fingerprint density at radius 1 is 1.19 bits per heavy atom. The monoisotopic (exact) mass is 425 g/mol. The lowest BCUT2D eigenvalue weighted by Gasteiger charge is -2.27. The molecule has 1 heterocycles. The Labute approximate surface area is 180 Å². The van der Waals surface area contributed by atoms with Crippen LogP contribution < -0.4 is 4.74 Å².